The molecular formula is C13H19ClFN. The summed E-state index contributed by atoms with van der Waals surface area (Å²) in [4.78, 5) is 0. The van der Waals surface area contributed by atoms with Crippen molar-refractivity contribution in [2.45, 2.75) is 45.6 Å². The molecule has 90 valence electrons. The molecule has 0 fully saturated rings. The molecule has 0 heterocycles. The third-order valence-electron chi connectivity index (χ3n) is 2.59. The molecule has 0 aliphatic heterocycles. The van der Waals surface area contributed by atoms with Gasteiger partial charge in [-0.15, -0.1) is 0 Å². The molecule has 3 heteroatoms. The van der Waals surface area contributed by atoms with Crippen molar-refractivity contribution in [3.8, 4) is 0 Å². The minimum atomic E-state index is -0.346. The summed E-state index contributed by atoms with van der Waals surface area (Å²) < 4.78 is 13.6. The Labute approximate surface area is 102 Å². The normalized spacial score (nSPS) is 10.8. The van der Waals surface area contributed by atoms with Crippen molar-refractivity contribution >= 4 is 17.3 Å². The molecule has 16 heavy (non-hydrogen) atoms. The van der Waals surface area contributed by atoms with Gasteiger partial charge >= 0.3 is 0 Å². The number of benzene rings is 1. The second-order valence-electron chi connectivity index (χ2n) is 4.02. The van der Waals surface area contributed by atoms with E-state index in [-0.39, 0.29) is 10.8 Å². The molecule has 0 aliphatic carbocycles. The maximum absolute atomic E-state index is 13.6. The summed E-state index contributed by atoms with van der Waals surface area (Å²) in [6.07, 6.45) is 4.30. The Morgan fingerprint density at radius 2 is 1.88 bits per heavy atom. The van der Waals surface area contributed by atoms with Crippen molar-refractivity contribution < 1.29 is 4.39 Å². The summed E-state index contributed by atoms with van der Waals surface area (Å²) in [5.41, 5.74) is 0.513. The van der Waals surface area contributed by atoms with E-state index in [4.69, 9.17) is 11.6 Å². The predicted molar refractivity (Wildman–Crippen MR) is 68.6 cm³/mol. The molecule has 1 nitrogen and oxygen atoms in total. The molecule has 0 saturated carbocycles. The van der Waals surface area contributed by atoms with Crippen molar-refractivity contribution in [3.63, 3.8) is 0 Å². The Balaban J connectivity index is 2.72. The van der Waals surface area contributed by atoms with Gasteiger partial charge in [-0.3, -0.25) is 0 Å². The van der Waals surface area contributed by atoms with E-state index in [9.17, 15) is 4.39 Å². The average molecular weight is 244 g/mol. The Kier molecular flexibility index (Phi) is 5.61. The second kappa shape index (κ2) is 6.74. The molecule has 0 spiro atoms. The summed E-state index contributed by atoms with van der Waals surface area (Å²) in [5.74, 6) is -0.346. The quantitative estimate of drug-likeness (QED) is 0.752. The van der Waals surface area contributed by atoms with Crippen LogP contribution in [0.4, 0.5) is 10.1 Å². The predicted octanol–water partition coefficient (Wildman–Crippen LogP) is 4.86. The number of hydrogen-bond acceptors (Lipinski definition) is 1. The number of anilines is 1. The summed E-state index contributed by atoms with van der Waals surface area (Å²) >= 11 is 5.74. The Hall–Kier alpha value is -0.760. The van der Waals surface area contributed by atoms with Crippen molar-refractivity contribution in [3.05, 3.63) is 29.0 Å². The Bertz CT molecular complexity index is 322. The lowest BCUT2D eigenvalue weighted by atomic mass is 10.1. The SMILES string of the molecule is CCCC(CCC)Nc1cccc(Cl)c1F. The Morgan fingerprint density at radius 1 is 1.25 bits per heavy atom. The van der Waals surface area contributed by atoms with Gasteiger partial charge in [0.05, 0.1) is 10.7 Å². The van der Waals surface area contributed by atoms with E-state index >= 15 is 0 Å². The lowest BCUT2D eigenvalue weighted by molar-refractivity contribution is 0.574. The molecule has 0 atom stereocenters. The molecule has 1 aromatic rings. The smallest absolute Gasteiger partial charge is 0.164 e. The maximum atomic E-state index is 13.6. The topological polar surface area (TPSA) is 12.0 Å². The highest BCUT2D eigenvalue weighted by Gasteiger charge is 2.11. The van der Waals surface area contributed by atoms with Crippen LogP contribution >= 0.6 is 11.6 Å². The van der Waals surface area contributed by atoms with Crippen LogP contribution in [-0.4, -0.2) is 6.04 Å². The van der Waals surface area contributed by atoms with Gasteiger partial charge in [-0.05, 0) is 25.0 Å². The van der Waals surface area contributed by atoms with Crippen molar-refractivity contribution in [2.75, 3.05) is 5.32 Å². The van der Waals surface area contributed by atoms with Gasteiger partial charge < -0.3 is 5.32 Å². The molecule has 0 amide bonds. The highest BCUT2D eigenvalue weighted by molar-refractivity contribution is 6.31. The van der Waals surface area contributed by atoms with Gasteiger partial charge in [0.15, 0.2) is 5.82 Å². The largest absolute Gasteiger partial charge is 0.380 e. The van der Waals surface area contributed by atoms with Crippen LogP contribution in [0.25, 0.3) is 0 Å². The lowest BCUT2D eigenvalue weighted by Gasteiger charge is -2.19. The van der Waals surface area contributed by atoms with E-state index in [2.05, 4.69) is 19.2 Å². The molecule has 0 aliphatic rings. The monoisotopic (exact) mass is 243 g/mol. The van der Waals surface area contributed by atoms with Crippen LogP contribution in [-0.2, 0) is 0 Å². The van der Waals surface area contributed by atoms with E-state index < -0.39 is 0 Å². The molecule has 1 N–H and O–H groups in total. The van der Waals surface area contributed by atoms with E-state index in [1.165, 1.54) is 0 Å². The zero-order valence-corrected chi connectivity index (χ0v) is 10.6. The summed E-state index contributed by atoms with van der Waals surface area (Å²) in [6.45, 7) is 4.28. The highest BCUT2D eigenvalue weighted by Crippen LogP contribution is 2.24. The van der Waals surface area contributed by atoms with Crippen molar-refractivity contribution in [1.29, 1.82) is 0 Å². The van der Waals surface area contributed by atoms with E-state index in [1.807, 2.05) is 0 Å². The first-order valence-electron chi connectivity index (χ1n) is 5.89. The first-order valence-corrected chi connectivity index (χ1v) is 6.27. The van der Waals surface area contributed by atoms with Crippen LogP contribution in [0.15, 0.2) is 18.2 Å². The molecule has 0 saturated heterocycles. The molecule has 0 aromatic heterocycles. The van der Waals surface area contributed by atoms with E-state index in [0.717, 1.165) is 25.7 Å². The van der Waals surface area contributed by atoms with Crippen LogP contribution in [0.5, 0.6) is 0 Å². The summed E-state index contributed by atoms with van der Waals surface area (Å²) in [7, 11) is 0. The standard InChI is InChI=1S/C13H19ClFN/c1-3-6-10(7-4-2)16-12-9-5-8-11(14)13(12)15/h5,8-10,16H,3-4,6-7H2,1-2H3. The van der Waals surface area contributed by atoms with Crippen molar-refractivity contribution in [1.82, 2.24) is 0 Å². The van der Waals surface area contributed by atoms with E-state index in [1.54, 1.807) is 18.2 Å². The van der Waals surface area contributed by atoms with Gasteiger partial charge in [-0.2, -0.15) is 0 Å². The lowest BCUT2D eigenvalue weighted by Crippen LogP contribution is -2.19. The van der Waals surface area contributed by atoms with Crippen LogP contribution in [0.3, 0.4) is 0 Å². The highest BCUT2D eigenvalue weighted by atomic mass is 35.5. The maximum Gasteiger partial charge on any atom is 0.164 e. The van der Waals surface area contributed by atoms with Gasteiger partial charge in [0.25, 0.3) is 0 Å². The summed E-state index contributed by atoms with van der Waals surface area (Å²) in [6, 6.07) is 5.40. The summed E-state index contributed by atoms with van der Waals surface area (Å²) in [5, 5.41) is 3.41. The number of nitrogens with one attached hydrogen (secondary N) is 1. The molecular weight excluding hydrogens is 225 g/mol. The third kappa shape index (κ3) is 3.67. The van der Waals surface area contributed by atoms with Crippen LogP contribution < -0.4 is 5.32 Å². The number of hydrogen-bond donors (Lipinski definition) is 1. The zero-order chi connectivity index (χ0) is 12.0. The van der Waals surface area contributed by atoms with Gasteiger partial charge in [-0.25, -0.2) is 4.39 Å². The molecule has 0 bridgehead atoms. The number of halogens is 2. The molecule has 0 radical (unpaired) electrons. The fourth-order valence-corrected chi connectivity index (χ4v) is 2.00. The molecule has 0 unspecified atom stereocenters. The second-order valence-corrected chi connectivity index (χ2v) is 4.43. The zero-order valence-electron chi connectivity index (χ0n) is 9.89. The van der Waals surface area contributed by atoms with Crippen LogP contribution in [0.2, 0.25) is 5.02 Å². The first-order chi connectivity index (χ1) is 7.69. The third-order valence-corrected chi connectivity index (χ3v) is 2.88. The molecule has 1 aromatic carbocycles. The van der Waals surface area contributed by atoms with Crippen LogP contribution in [0, 0.1) is 5.82 Å². The van der Waals surface area contributed by atoms with Gasteiger partial charge in [0, 0.05) is 6.04 Å². The Morgan fingerprint density at radius 3 is 2.44 bits per heavy atom. The van der Waals surface area contributed by atoms with Gasteiger partial charge in [0.2, 0.25) is 0 Å². The average Bonchev–Trinajstić information content (AvgIpc) is 2.25. The van der Waals surface area contributed by atoms with Gasteiger partial charge in [0.1, 0.15) is 0 Å². The van der Waals surface area contributed by atoms with Crippen molar-refractivity contribution in [2.24, 2.45) is 0 Å². The minimum Gasteiger partial charge on any atom is -0.380 e. The van der Waals surface area contributed by atoms with Crippen LogP contribution in [0.1, 0.15) is 39.5 Å². The van der Waals surface area contributed by atoms with Gasteiger partial charge in [-0.1, -0.05) is 44.4 Å². The fourth-order valence-electron chi connectivity index (χ4n) is 1.82. The fraction of sp³-hybridized carbons (Fsp3) is 0.538. The molecule has 1 rings (SSSR count). The first kappa shape index (κ1) is 13.3. The van der Waals surface area contributed by atoms with E-state index in [0.29, 0.717) is 11.7 Å². The number of rotatable bonds is 6. The minimum absolute atomic E-state index is 0.178.